The zero-order valence-electron chi connectivity index (χ0n) is 11.7. The second kappa shape index (κ2) is 6.33. The van der Waals surface area contributed by atoms with Gasteiger partial charge in [-0.15, -0.1) is 11.3 Å². The molecule has 1 aromatic carbocycles. The van der Waals surface area contributed by atoms with Gasteiger partial charge in [-0.2, -0.15) is 0 Å². The number of hydrogen-bond donors (Lipinski definition) is 2. The van der Waals surface area contributed by atoms with Crippen molar-refractivity contribution in [2.75, 3.05) is 6.61 Å². The fourth-order valence-electron chi connectivity index (χ4n) is 2.41. The lowest BCUT2D eigenvalue weighted by molar-refractivity contribution is 0.235. The number of nitrogens with one attached hydrogen (secondary N) is 1. The molecule has 0 aliphatic rings. The van der Waals surface area contributed by atoms with Gasteiger partial charge in [-0.05, 0) is 38.0 Å². The average molecular weight is 275 g/mol. The van der Waals surface area contributed by atoms with Crippen LogP contribution >= 0.6 is 11.3 Å². The maximum absolute atomic E-state index is 9.59. The highest BCUT2D eigenvalue weighted by atomic mass is 32.1. The Morgan fingerprint density at radius 3 is 2.42 bits per heavy atom. The fourth-order valence-corrected chi connectivity index (χ4v) is 3.43. The van der Waals surface area contributed by atoms with E-state index in [1.165, 1.54) is 15.3 Å². The van der Waals surface area contributed by atoms with Crippen LogP contribution in [0.15, 0.2) is 36.4 Å². The first-order valence-electron chi connectivity index (χ1n) is 6.60. The molecule has 2 nitrogen and oxygen atoms in total. The van der Waals surface area contributed by atoms with E-state index in [0.717, 1.165) is 5.56 Å². The Hall–Kier alpha value is -1.16. The topological polar surface area (TPSA) is 32.3 Å². The van der Waals surface area contributed by atoms with Gasteiger partial charge in [0.1, 0.15) is 0 Å². The monoisotopic (exact) mass is 275 g/mol. The highest BCUT2D eigenvalue weighted by Crippen LogP contribution is 2.28. The Labute approximate surface area is 119 Å². The Morgan fingerprint density at radius 2 is 1.89 bits per heavy atom. The predicted molar refractivity (Wildman–Crippen MR) is 81.6 cm³/mol. The van der Waals surface area contributed by atoms with Crippen LogP contribution in [0.1, 0.15) is 39.9 Å². The Bertz CT molecular complexity index is 521. The van der Waals surface area contributed by atoms with E-state index in [0.29, 0.717) is 0 Å². The molecule has 0 amide bonds. The van der Waals surface area contributed by atoms with Crippen molar-refractivity contribution >= 4 is 11.3 Å². The first kappa shape index (κ1) is 14.3. The third-order valence-electron chi connectivity index (χ3n) is 3.38. The normalized spacial score (nSPS) is 14.3. The first-order valence-corrected chi connectivity index (χ1v) is 7.42. The largest absolute Gasteiger partial charge is 0.394 e. The number of aliphatic hydroxyl groups excluding tert-OH is 1. The molecule has 19 heavy (non-hydrogen) atoms. The van der Waals surface area contributed by atoms with Crippen LogP contribution in [-0.2, 0) is 0 Å². The third kappa shape index (κ3) is 3.44. The van der Waals surface area contributed by atoms with Crippen LogP contribution in [0.5, 0.6) is 0 Å². The molecule has 0 spiro atoms. The lowest BCUT2D eigenvalue weighted by Gasteiger charge is -2.22. The van der Waals surface area contributed by atoms with Gasteiger partial charge in [0, 0.05) is 15.8 Å². The standard InChI is InChI=1S/C16H21NOS/c1-11-9-15(13(3)19-11)12(2)17-16(10-18)14-7-5-4-6-8-14/h4-9,12,16-18H,10H2,1-3H3. The number of aliphatic hydroxyl groups is 1. The summed E-state index contributed by atoms with van der Waals surface area (Å²) < 4.78 is 0. The Morgan fingerprint density at radius 1 is 1.21 bits per heavy atom. The molecule has 0 radical (unpaired) electrons. The van der Waals surface area contributed by atoms with Crippen molar-refractivity contribution in [1.82, 2.24) is 5.32 Å². The van der Waals surface area contributed by atoms with E-state index in [1.807, 2.05) is 41.7 Å². The summed E-state index contributed by atoms with van der Waals surface area (Å²) >= 11 is 1.83. The molecule has 3 heteroatoms. The summed E-state index contributed by atoms with van der Waals surface area (Å²) in [7, 11) is 0. The number of hydrogen-bond acceptors (Lipinski definition) is 3. The molecule has 2 rings (SSSR count). The highest BCUT2D eigenvalue weighted by Gasteiger charge is 2.16. The van der Waals surface area contributed by atoms with Gasteiger partial charge in [0.2, 0.25) is 0 Å². The second-order valence-electron chi connectivity index (χ2n) is 4.90. The lowest BCUT2D eigenvalue weighted by atomic mass is 10.0. The van der Waals surface area contributed by atoms with E-state index in [4.69, 9.17) is 0 Å². The molecule has 2 N–H and O–H groups in total. The molecule has 0 bridgehead atoms. The maximum atomic E-state index is 9.59. The molecule has 0 fully saturated rings. The molecule has 2 unspecified atom stereocenters. The lowest BCUT2D eigenvalue weighted by Crippen LogP contribution is -2.27. The molecule has 0 saturated carbocycles. The number of aryl methyl sites for hydroxylation is 2. The molecular weight excluding hydrogens is 254 g/mol. The van der Waals surface area contributed by atoms with Gasteiger partial charge in [-0.3, -0.25) is 0 Å². The molecular formula is C16H21NOS. The molecule has 2 atom stereocenters. The van der Waals surface area contributed by atoms with E-state index >= 15 is 0 Å². The van der Waals surface area contributed by atoms with Crippen LogP contribution in [-0.4, -0.2) is 11.7 Å². The summed E-state index contributed by atoms with van der Waals surface area (Å²) in [6.07, 6.45) is 0. The zero-order valence-corrected chi connectivity index (χ0v) is 12.5. The van der Waals surface area contributed by atoms with E-state index in [-0.39, 0.29) is 18.7 Å². The Kier molecular flexibility index (Phi) is 4.75. The van der Waals surface area contributed by atoms with Crippen LogP contribution in [0.25, 0.3) is 0 Å². The SMILES string of the molecule is Cc1cc(C(C)NC(CO)c2ccccc2)c(C)s1. The van der Waals surface area contributed by atoms with E-state index in [2.05, 4.69) is 32.2 Å². The van der Waals surface area contributed by atoms with Gasteiger partial charge in [0.15, 0.2) is 0 Å². The summed E-state index contributed by atoms with van der Waals surface area (Å²) in [5, 5.41) is 13.1. The molecule has 102 valence electrons. The minimum atomic E-state index is -0.0178. The zero-order chi connectivity index (χ0) is 13.8. The minimum Gasteiger partial charge on any atom is -0.394 e. The van der Waals surface area contributed by atoms with Crippen molar-refractivity contribution in [2.45, 2.75) is 32.9 Å². The van der Waals surface area contributed by atoms with Crippen molar-refractivity contribution in [3.8, 4) is 0 Å². The van der Waals surface area contributed by atoms with Crippen molar-refractivity contribution in [3.05, 3.63) is 57.3 Å². The van der Waals surface area contributed by atoms with E-state index < -0.39 is 0 Å². The van der Waals surface area contributed by atoms with Gasteiger partial charge in [-0.1, -0.05) is 30.3 Å². The minimum absolute atomic E-state index is 0.0178. The highest BCUT2D eigenvalue weighted by molar-refractivity contribution is 7.12. The summed E-state index contributed by atoms with van der Waals surface area (Å²) in [6, 6.07) is 12.6. The number of benzene rings is 1. The van der Waals surface area contributed by atoms with Crippen molar-refractivity contribution < 1.29 is 5.11 Å². The van der Waals surface area contributed by atoms with Crippen LogP contribution < -0.4 is 5.32 Å². The van der Waals surface area contributed by atoms with Crippen LogP contribution in [0.4, 0.5) is 0 Å². The van der Waals surface area contributed by atoms with Gasteiger partial charge in [0.25, 0.3) is 0 Å². The smallest absolute Gasteiger partial charge is 0.0626 e. The Balaban J connectivity index is 2.13. The van der Waals surface area contributed by atoms with Crippen molar-refractivity contribution in [3.63, 3.8) is 0 Å². The van der Waals surface area contributed by atoms with Crippen LogP contribution in [0.3, 0.4) is 0 Å². The third-order valence-corrected chi connectivity index (χ3v) is 4.36. The van der Waals surface area contributed by atoms with Crippen molar-refractivity contribution in [1.29, 1.82) is 0 Å². The van der Waals surface area contributed by atoms with Gasteiger partial charge < -0.3 is 10.4 Å². The van der Waals surface area contributed by atoms with Crippen LogP contribution in [0, 0.1) is 13.8 Å². The predicted octanol–water partition coefficient (Wildman–Crippen LogP) is 3.75. The second-order valence-corrected chi connectivity index (χ2v) is 6.36. The molecule has 0 aliphatic carbocycles. The molecule has 0 saturated heterocycles. The first-order chi connectivity index (χ1) is 9.11. The van der Waals surface area contributed by atoms with Crippen molar-refractivity contribution in [2.24, 2.45) is 0 Å². The van der Waals surface area contributed by atoms with Gasteiger partial charge in [-0.25, -0.2) is 0 Å². The quantitative estimate of drug-likeness (QED) is 0.871. The van der Waals surface area contributed by atoms with E-state index in [1.54, 1.807) is 0 Å². The average Bonchev–Trinajstić information content (AvgIpc) is 2.76. The van der Waals surface area contributed by atoms with E-state index in [9.17, 15) is 5.11 Å². The molecule has 0 aliphatic heterocycles. The molecule has 1 heterocycles. The summed E-state index contributed by atoms with van der Waals surface area (Å²) in [6.45, 7) is 6.55. The number of thiophene rings is 1. The summed E-state index contributed by atoms with van der Waals surface area (Å²) in [5.74, 6) is 0. The van der Waals surface area contributed by atoms with Gasteiger partial charge >= 0.3 is 0 Å². The number of rotatable bonds is 5. The molecule has 1 aromatic heterocycles. The maximum Gasteiger partial charge on any atom is 0.0626 e. The fraction of sp³-hybridized carbons (Fsp3) is 0.375. The summed E-state index contributed by atoms with van der Waals surface area (Å²) in [5.41, 5.74) is 2.46. The molecule has 2 aromatic rings. The van der Waals surface area contributed by atoms with Crippen LogP contribution in [0.2, 0.25) is 0 Å². The summed E-state index contributed by atoms with van der Waals surface area (Å²) in [4.78, 5) is 2.68. The van der Waals surface area contributed by atoms with Gasteiger partial charge in [0.05, 0.1) is 12.6 Å².